The van der Waals surface area contributed by atoms with E-state index in [0.29, 0.717) is 5.56 Å². The third-order valence-corrected chi connectivity index (χ3v) is 3.57. The number of aliphatic hydroxyl groups is 1. The number of halogens is 2. The molecular formula is C13H17ClFNO. The smallest absolute Gasteiger partial charge is 0.142 e. The Morgan fingerprint density at radius 3 is 2.94 bits per heavy atom. The summed E-state index contributed by atoms with van der Waals surface area (Å²) in [5.41, 5.74) is 0.589. The van der Waals surface area contributed by atoms with Crippen LogP contribution in [0.2, 0.25) is 5.02 Å². The first kappa shape index (κ1) is 12.8. The highest BCUT2D eigenvalue weighted by atomic mass is 35.5. The van der Waals surface area contributed by atoms with Crippen LogP contribution >= 0.6 is 11.6 Å². The Morgan fingerprint density at radius 1 is 1.35 bits per heavy atom. The molecule has 2 rings (SSSR count). The van der Waals surface area contributed by atoms with Gasteiger partial charge in [-0.15, -0.1) is 0 Å². The first-order chi connectivity index (χ1) is 8.18. The van der Waals surface area contributed by atoms with Crippen LogP contribution in [-0.2, 0) is 0 Å². The van der Waals surface area contributed by atoms with E-state index in [1.54, 1.807) is 6.07 Å². The van der Waals surface area contributed by atoms with Gasteiger partial charge in [0.25, 0.3) is 0 Å². The molecule has 0 amide bonds. The van der Waals surface area contributed by atoms with Crippen molar-refractivity contribution in [3.63, 3.8) is 0 Å². The summed E-state index contributed by atoms with van der Waals surface area (Å²) < 4.78 is 13.3. The second kappa shape index (κ2) is 5.80. The highest BCUT2D eigenvalue weighted by Gasteiger charge is 2.22. The molecule has 1 heterocycles. The summed E-state index contributed by atoms with van der Waals surface area (Å²) in [4.78, 5) is 0. The molecule has 0 aromatic heterocycles. The quantitative estimate of drug-likeness (QED) is 0.854. The largest absolute Gasteiger partial charge is 0.387 e. The lowest BCUT2D eigenvalue weighted by molar-refractivity contribution is 0.126. The second-order valence-electron chi connectivity index (χ2n) is 4.53. The minimum absolute atomic E-state index is 0.0121. The zero-order valence-electron chi connectivity index (χ0n) is 9.63. The molecule has 17 heavy (non-hydrogen) atoms. The summed E-state index contributed by atoms with van der Waals surface area (Å²) in [7, 11) is 0. The Kier molecular flexibility index (Phi) is 4.37. The molecule has 0 radical (unpaired) electrons. The lowest BCUT2D eigenvalue weighted by Crippen LogP contribution is -2.34. The molecule has 1 saturated heterocycles. The molecule has 1 aromatic rings. The van der Waals surface area contributed by atoms with Crippen LogP contribution in [0.1, 0.15) is 37.4 Å². The van der Waals surface area contributed by atoms with Gasteiger partial charge in [-0.1, -0.05) is 30.5 Å². The van der Waals surface area contributed by atoms with Crippen molar-refractivity contribution >= 4 is 11.6 Å². The molecule has 1 aliphatic heterocycles. The summed E-state index contributed by atoms with van der Waals surface area (Å²) in [5, 5.41) is 13.6. The van der Waals surface area contributed by atoms with Gasteiger partial charge >= 0.3 is 0 Å². The Morgan fingerprint density at radius 2 is 2.18 bits per heavy atom. The molecule has 2 unspecified atom stereocenters. The fourth-order valence-electron chi connectivity index (χ4n) is 2.25. The van der Waals surface area contributed by atoms with Crippen molar-refractivity contribution in [1.82, 2.24) is 5.32 Å². The zero-order chi connectivity index (χ0) is 12.3. The summed E-state index contributed by atoms with van der Waals surface area (Å²) >= 11 is 5.62. The van der Waals surface area contributed by atoms with E-state index in [-0.39, 0.29) is 11.1 Å². The molecule has 2 N–H and O–H groups in total. The van der Waals surface area contributed by atoms with E-state index in [0.717, 1.165) is 25.8 Å². The molecule has 2 atom stereocenters. The Hall–Kier alpha value is -0.640. The number of aliphatic hydroxyl groups excluding tert-OH is 1. The van der Waals surface area contributed by atoms with Crippen LogP contribution in [-0.4, -0.2) is 17.7 Å². The minimum atomic E-state index is -0.667. The number of rotatable bonds is 2. The van der Waals surface area contributed by atoms with Crippen molar-refractivity contribution in [2.45, 2.75) is 37.8 Å². The molecule has 0 bridgehead atoms. The van der Waals surface area contributed by atoms with Gasteiger partial charge in [-0.25, -0.2) is 4.39 Å². The first-order valence-corrected chi connectivity index (χ1v) is 6.42. The van der Waals surface area contributed by atoms with Crippen LogP contribution < -0.4 is 5.32 Å². The number of hydrogen-bond donors (Lipinski definition) is 2. The van der Waals surface area contributed by atoms with Gasteiger partial charge in [-0.3, -0.25) is 0 Å². The van der Waals surface area contributed by atoms with Gasteiger partial charge in [0.2, 0.25) is 0 Å². The lowest BCUT2D eigenvalue weighted by atomic mass is 9.98. The van der Waals surface area contributed by atoms with E-state index in [4.69, 9.17) is 11.6 Å². The van der Waals surface area contributed by atoms with Crippen molar-refractivity contribution in [3.8, 4) is 0 Å². The van der Waals surface area contributed by atoms with Gasteiger partial charge in [-0.05, 0) is 37.1 Å². The van der Waals surface area contributed by atoms with E-state index in [1.807, 2.05) is 0 Å². The Labute approximate surface area is 106 Å². The van der Waals surface area contributed by atoms with Gasteiger partial charge in [0.15, 0.2) is 0 Å². The maximum atomic E-state index is 13.3. The van der Waals surface area contributed by atoms with Crippen LogP contribution in [0.25, 0.3) is 0 Å². The van der Waals surface area contributed by atoms with Crippen LogP contribution in [0.5, 0.6) is 0 Å². The monoisotopic (exact) mass is 257 g/mol. The minimum Gasteiger partial charge on any atom is -0.387 e. The Bertz CT molecular complexity index is 378. The van der Waals surface area contributed by atoms with Crippen LogP contribution in [0, 0.1) is 5.82 Å². The number of hydrogen-bond acceptors (Lipinski definition) is 2. The summed E-state index contributed by atoms with van der Waals surface area (Å²) in [6, 6.07) is 4.51. The van der Waals surface area contributed by atoms with E-state index in [2.05, 4.69) is 5.32 Å². The predicted molar refractivity (Wildman–Crippen MR) is 66.6 cm³/mol. The fourth-order valence-corrected chi connectivity index (χ4v) is 2.37. The lowest BCUT2D eigenvalue weighted by Gasteiger charge is -2.22. The molecule has 94 valence electrons. The van der Waals surface area contributed by atoms with E-state index in [9.17, 15) is 9.50 Å². The van der Waals surface area contributed by atoms with Gasteiger partial charge in [0.05, 0.1) is 11.1 Å². The average molecular weight is 258 g/mol. The highest BCUT2D eigenvalue weighted by Crippen LogP contribution is 2.25. The van der Waals surface area contributed by atoms with Crippen molar-refractivity contribution in [2.24, 2.45) is 0 Å². The predicted octanol–water partition coefficient (Wildman–Crippen LogP) is 3.04. The van der Waals surface area contributed by atoms with Crippen molar-refractivity contribution in [3.05, 3.63) is 34.6 Å². The number of benzene rings is 1. The summed E-state index contributed by atoms with van der Waals surface area (Å²) in [6.45, 7) is 0.914. The van der Waals surface area contributed by atoms with Gasteiger partial charge in [0, 0.05) is 6.04 Å². The van der Waals surface area contributed by atoms with Crippen molar-refractivity contribution < 1.29 is 9.50 Å². The molecule has 1 fully saturated rings. The van der Waals surface area contributed by atoms with Crippen molar-refractivity contribution in [1.29, 1.82) is 0 Å². The molecular weight excluding hydrogens is 241 g/mol. The fraction of sp³-hybridized carbons (Fsp3) is 0.538. The van der Waals surface area contributed by atoms with Crippen molar-refractivity contribution in [2.75, 3.05) is 6.54 Å². The third kappa shape index (κ3) is 3.18. The highest BCUT2D eigenvalue weighted by molar-refractivity contribution is 6.30. The molecule has 1 aliphatic rings. The second-order valence-corrected chi connectivity index (χ2v) is 4.94. The normalized spacial score (nSPS) is 23.1. The molecule has 1 aromatic carbocycles. The van der Waals surface area contributed by atoms with Crippen LogP contribution in [0.3, 0.4) is 0 Å². The molecule has 0 spiro atoms. The maximum absolute atomic E-state index is 13.3. The first-order valence-electron chi connectivity index (χ1n) is 6.05. The van der Waals surface area contributed by atoms with E-state index in [1.165, 1.54) is 18.6 Å². The SMILES string of the molecule is OC(c1ccc(Cl)c(F)c1)C1CCCCCN1. The Balaban J connectivity index is 2.11. The van der Waals surface area contributed by atoms with E-state index < -0.39 is 11.9 Å². The van der Waals surface area contributed by atoms with Crippen LogP contribution in [0.4, 0.5) is 4.39 Å². The molecule has 0 saturated carbocycles. The topological polar surface area (TPSA) is 32.3 Å². The molecule has 4 heteroatoms. The van der Waals surface area contributed by atoms with Gasteiger partial charge in [0.1, 0.15) is 5.82 Å². The molecule has 2 nitrogen and oxygen atoms in total. The summed E-state index contributed by atoms with van der Waals surface area (Å²) in [6.07, 6.45) is 3.68. The van der Waals surface area contributed by atoms with Crippen LogP contribution in [0.15, 0.2) is 18.2 Å². The number of nitrogens with one attached hydrogen (secondary N) is 1. The molecule has 0 aliphatic carbocycles. The average Bonchev–Trinajstić information content (AvgIpc) is 2.60. The third-order valence-electron chi connectivity index (χ3n) is 3.26. The van der Waals surface area contributed by atoms with Gasteiger partial charge < -0.3 is 10.4 Å². The summed E-state index contributed by atoms with van der Waals surface area (Å²) in [5.74, 6) is -0.475. The van der Waals surface area contributed by atoms with E-state index >= 15 is 0 Å². The van der Waals surface area contributed by atoms with Gasteiger partial charge in [-0.2, -0.15) is 0 Å². The maximum Gasteiger partial charge on any atom is 0.142 e. The standard InChI is InChI=1S/C13H17ClFNO/c14-10-6-5-9(8-11(10)15)13(17)12-4-2-1-3-7-16-12/h5-6,8,12-13,16-17H,1-4,7H2. The zero-order valence-corrected chi connectivity index (χ0v) is 10.4.